The highest BCUT2D eigenvalue weighted by molar-refractivity contribution is 9.12. The number of nitrogens with two attached hydrogens (primary N) is 1. The minimum atomic E-state index is -0.319. The molecule has 0 saturated carbocycles. The molecule has 19 heavy (non-hydrogen) atoms. The van der Waals surface area contributed by atoms with Gasteiger partial charge in [-0.25, -0.2) is 4.39 Å². The molecule has 0 bridgehead atoms. The topological polar surface area (TPSA) is 43.1 Å². The van der Waals surface area contributed by atoms with Gasteiger partial charge in [0, 0.05) is 11.8 Å². The van der Waals surface area contributed by atoms with E-state index in [1.54, 1.807) is 6.07 Å². The van der Waals surface area contributed by atoms with Crippen LogP contribution in [0.2, 0.25) is 0 Å². The first-order valence-electron chi connectivity index (χ1n) is 6.51. The molecule has 0 radical (unpaired) electrons. The van der Waals surface area contributed by atoms with Gasteiger partial charge in [0.25, 0.3) is 0 Å². The summed E-state index contributed by atoms with van der Waals surface area (Å²) in [4.78, 5) is 11.9. The van der Waals surface area contributed by atoms with E-state index in [4.69, 9.17) is 5.73 Å². The fraction of sp³-hybridized carbons (Fsp3) is 0.400. The third-order valence-electron chi connectivity index (χ3n) is 4.56. The normalized spacial score (nSPS) is 25.5. The average molecular weight is 324 g/mol. The summed E-state index contributed by atoms with van der Waals surface area (Å²) in [6.07, 6.45) is 2.87. The maximum absolute atomic E-state index is 14.2. The summed E-state index contributed by atoms with van der Waals surface area (Å²) < 4.78 is 14.9. The molecular formula is C15H15BrFNO. The molecule has 2 aliphatic carbocycles. The third kappa shape index (κ3) is 1.62. The Hall–Kier alpha value is -1.16. The van der Waals surface area contributed by atoms with Gasteiger partial charge >= 0.3 is 0 Å². The Bertz CT molecular complexity index is 623. The molecule has 1 aromatic carbocycles. The molecule has 2 N–H and O–H groups in total. The predicted molar refractivity (Wildman–Crippen MR) is 77.3 cm³/mol. The van der Waals surface area contributed by atoms with Crippen LogP contribution in [0.1, 0.15) is 37.3 Å². The zero-order valence-electron chi connectivity index (χ0n) is 10.7. The molecule has 4 heteroatoms. The molecule has 1 aromatic rings. The van der Waals surface area contributed by atoms with E-state index >= 15 is 0 Å². The Balaban J connectivity index is 2.31. The minimum absolute atomic E-state index is 0.107. The molecule has 0 spiro atoms. The minimum Gasteiger partial charge on any atom is -0.396 e. The maximum atomic E-state index is 14.2. The Kier molecular flexibility index (Phi) is 2.82. The van der Waals surface area contributed by atoms with Gasteiger partial charge in [0.15, 0.2) is 5.78 Å². The number of rotatable bonds is 1. The summed E-state index contributed by atoms with van der Waals surface area (Å²) in [7, 11) is 0. The highest BCUT2D eigenvalue weighted by atomic mass is 79.9. The molecule has 0 fully saturated rings. The molecule has 1 unspecified atom stereocenters. The number of hydrogen-bond acceptors (Lipinski definition) is 2. The fourth-order valence-electron chi connectivity index (χ4n) is 3.40. The van der Waals surface area contributed by atoms with Gasteiger partial charge in [-0.15, -0.1) is 0 Å². The molecule has 0 aliphatic heterocycles. The van der Waals surface area contributed by atoms with Gasteiger partial charge in [-0.3, -0.25) is 4.79 Å². The quantitative estimate of drug-likeness (QED) is 0.798. The number of carbonyl (C=O) groups excluding carboxylic acids is 1. The van der Waals surface area contributed by atoms with E-state index in [9.17, 15) is 9.18 Å². The van der Waals surface area contributed by atoms with Crippen LogP contribution in [-0.2, 0) is 11.2 Å². The second kappa shape index (κ2) is 4.17. The van der Waals surface area contributed by atoms with E-state index in [1.807, 2.05) is 6.07 Å². The van der Waals surface area contributed by atoms with Gasteiger partial charge in [0.2, 0.25) is 0 Å². The van der Waals surface area contributed by atoms with E-state index in [0.717, 1.165) is 24.0 Å². The number of ketones is 1. The standard InChI is InChI=1S/C15H15BrFNO/c1-2-15-6-5-11(19)13(16)12(15)8-3-4-10(18)14(17)9(8)7-15/h3-4H,2,5-7,18H2,1H3. The van der Waals surface area contributed by atoms with Gasteiger partial charge < -0.3 is 5.73 Å². The summed E-state index contributed by atoms with van der Waals surface area (Å²) in [5.74, 6) is -0.205. The summed E-state index contributed by atoms with van der Waals surface area (Å²) in [5.41, 5.74) is 8.25. The largest absolute Gasteiger partial charge is 0.396 e. The van der Waals surface area contributed by atoms with Crippen LogP contribution in [0, 0.1) is 11.2 Å². The van der Waals surface area contributed by atoms with E-state index in [-0.39, 0.29) is 22.7 Å². The van der Waals surface area contributed by atoms with E-state index in [2.05, 4.69) is 22.9 Å². The zero-order chi connectivity index (χ0) is 13.8. The van der Waals surface area contributed by atoms with Crippen LogP contribution in [0.15, 0.2) is 16.6 Å². The number of halogens is 2. The first kappa shape index (κ1) is 12.9. The van der Waals surface area contributed by atoms with Crippen LogP contribution in [0.4, 0.5) is 10.1 Å². The first-order chi connectivity index (χ1) is 9.00. The molecule has 100 valence electrons. The molecule has 1 atom stereocenters. The summed E-state index contributed by atoms with van der Waals surface area (Å²) in [6, 6.07) is 3.44. The first-order valence-corrected chi connectivity index (χ1v) is 7.30. The molecule has 0 saturated heterocycles. The molecule has 2 aliphatic rings. The van der Waals surface area contributed by atoms with Crippen molar-refractivity contribution in [3.05, 3.63) is 33.6 Å². The highest BCUT2D eigenvalue weighted by Gasteiger charge is 2.46. The van der Waals surface area contributed by atoms with Gasteiger partial charge in [0.05, 0.1) is 10.2 Å². The average Bonchev–Trinajstić information content (AvgIpc) is 2.75. The number of Topliss-reactive ketones (excluding diaryl/α,β-unsaturated/α-hetero) is 1. The molecular weight excluding hydrogens is 309 g/mol. The fourth-order valence-corrected chi connectivity index (χ4v) is 4.24. The number of nitrogen functional groups attached to an aromatic ring is 1. The van der Waals surface area contributed by atoms with Crippen LogP contribution in [0.3, 0.4) is 0 Å². The smallest absolute Gasteiger partial charge is 0.170 e. The van der Waals surface area contributed by atoms with Gasteiger partial charge in [-0.2, -0.15) is 0 Å². The molecule has 0 heterocycles. The van der Waals surface area contributed by atoms with Crippen LogP contribution in [-0.4, -0.2) is 5.78 Å². The zero-order valence-corrected chi connectivity index (χ0v) is 12.3. The van der Waals surface area contributed by atoms with Gasteiger partial charge in [-0.1, -0.05) is 13.0 Å². The second-order valence-electron chi connectivity index (χ2n) is 5.42. The second-order valence-corrected chi connectivity index (χ2v) is 6.21. The van der Waals surface area contributed by atoms with Crippen molar-refractivity contribution in [3.63, 3.8) is 0 Å². The van der Waals surface area contributed by atoms with Crippen molar-refractivity contribution >= 4 is 33.0 Å². The van der Waals surface area contributed by atoms with Crippen molar-refractivity contribution in [3.8, 4) is 0 Å². The summed E-state index contributed by atoms with van der Waals surface area (Å²) in [5, 5.41) is 0. The maximum Gasteiger partial charge on any atom is 0.170 e. The molecule has 3 rings (SSSR count). The van der Waals surface area contributed by atoms with Crippen molar-refractivity contribution < 1.29 is 9.18 Å². The van der Waals surface area contributed by atoms with Crippen LogP contribution < -0.4 is 5.73 Å². The van der Waals surface area contributed by atoms with Gasteiger partial charge in [0.1, 0.15) is 5.82 Å². The monoisotopic (exact) mass is 323 g/mol. The summed E-state index contributed by atoms with van der Waals surface area (Å²) >= 11 is 3.43. The van der Waals surface area contributed by atoms with Crippen molar-refractivity contribution in [2.45, 2.75) is 32.6 Å². The van der Waals surface area contributed by atoms with E-state index in [0.29, 0.717) is 22.9 Å². The molecule has 0 amide bonds. The number of anilines is 1. The van der Waals surface area contributed by atoms with Crippen molar-refractivity contribution in [2.24, 2.45) is 5.41 Å². The number of allylic oxidation sites excluding steroid dienone is 2. The molecule has 2 nitrogen and oxygen atoms in total. The lowest BCUT2D eigenvalue weighted by Crippen LogP contribution is -2.26. The SMILES string of the molecule is CCC12CCC(=O)C(Br)=C1c1ccc(N)c(F)c1C2. The molecule has 0 aromatic heterocycles. The Morgan fingerprint density at radius 3 is 2.89 bits per heavy atom. The Labute approximate surface area is 120 Å². The summed E-state index contributed by atoms with van der Waals surface area (Å²) in [6.45, 7) is 2.10. The van der Waals surface area contributed by atoms with Crippen molar-refractivity contribution in [1.82, 2.24) is 0 Å². The van der Waals surface area contributed by atoms with Crippen LogP contribution in [0.25, 0.3) is 5.57 Å². The number of hydrogen-bond donors (Lipinski definition) is 1. The Morgan fingerprint density at radius 1 is 1.47 bits per heavy atom. The van der Waals surface area contributed by atoms with E-state index < -0.39 is 0 Å². The number of benzene rings is 1. The lowest BCUT2D eigenvalue weighted by Gasteiger charge is -2.34. The number of fused-ring (bicyclic) bond motifs is 3. The van der Waals surface area contributed by atoms with Crippen molar-refractivity contribution in [1.29, 1.82) is 0 Å². The lowest BCUT2D eigenvalue weighted by molar-refractivity contribution is -0.115. The predicted octanol–water partition coefficient (Wildman–Crippen LogP) is 3.83. The highest BCUT2D eigenvalue weighted by Crippen LogP contribution is 2.57. The van der Waals surface area contributed by atoms with Crippen LogP contribution >= 0.6 is 15.9 Å². The third-order valence-corrected chi connectivity index (χ3v) is 5.40. The van der Waals surface area contributed by atoms with Gasteiger partial charge in [-0.05, 0) is 58.0 Å². The van der Waals surface area contributed by atoms with E-state index in [1.165, 1.54) is 0 Å². The van der Waals surface area contributed by atoms with Crippen LogP contribution in [0.5, 0.6) is 0 Å². The number of carbonyl (C=O) groups is 1. The van der Waals surface area contributed by atoms with Crippen molar-refractivity contribution in [2.75, 3.05) is 5.73 Å². The lowest BCUT2D eigenvalue weighted by atomic mass is 9.71. The Morgan fingerprint density at radius 2 is 2.21 bits per heavy atom.